The Morgan fingerprint density at radius 2 is 0.842 bits per heavy atom. The van der Waals surface area contributed by atoms with Gasteiger partial charge in [-0.3, -0.25) is 14.4 Å². The van der Waals surface area contributed by atoms with Gasteiger partial charge in [0.15, 0.2) is 0 Å². The first-order valence-corrected chi connectivity index (χ1v) is 5.50. The summed E-state index contributed by atoms with van der Waals surface area (Å²) in [4.78, 5) is 29.5. The highest BCUT2D eigenvalue weighted by Crippen LogP contribution is 1.95. The summed E-state index contributed by atoms with van der Waals surface area (Å²) >= 11 is 0. The van der Waals surface area contributed by atoms with Gasteiger partial charge in [-0.2, -0.15) is 0 Å². The molecule has 0 aliphatic carbocycles. The van der Waals surface area contributed by atoms with Gasteiger partial charge in [-0.05, 0) is 19.6 Å². The van der Waals surface area contributed by atoms with E-state index in [0.29, 0.717) is 0 Å². The summed E-state index contributed by atoms with van der Waals surface area (Å²) in [6.07, 6.45) is 0. The molecule has 9 nitrogen and oxygen atoms in total. The number of carboxylic acid groups (broad SMARTS) is 3. The van der Waals surface area contributed by atoms with Gasteiger partial charge in [-0.15, -0.1) is 0 Å². The fraction of sp³-hybridized carbons (Fsp3) is 0.700. The van der Waals surface area contributed by atoms with Crippen LogP contribution in [0, 0.1) is 5.92 Å². The maximum Gasteiger partial charge on any atom is 0.329 e. The fourth-order valence-electron chi connectivity index (χ4n) is 0.317. The van der Waals surface area contributed by atoms with E-state index in [1.165, 1.54) is 0 Å². The van der Waals surface area contributed by atoms with Crippen LogP contribution in [0.3, 0.4) is 0 Å². The summed E-state index contributed by atoms with van der Waals surface area (Å²) in [5.41, 5.74) is 14.5. The molecule has 0 radical (unpaired) electrons. The Morgan fingerprint density at radius 3 is 0.842 bits per heavy atom. The van der Waals surface area contributed by atoms with Gasteiger partial charge in [0, 0.05) is 0 Å². The first-order valence-electron chi connectivity index (χ1n) is 5.50. The molecule has 0 atom stereocenters. The average Bonchev–Trinajstić information content (AvgIpc) is 2.18. The molecule has 0 bridgehead atoms. The van der Waals surface area contributed by atoms with Crippen molar-refractivity contribution in [2.24, 2.45) is 23.1 Å². The summed E-state index contributed by atoms with van der Waals surface area (Å²) in [6, 6.07) is 0. The molecule has 0 aromatic rings. The van der Waals surface area contributed by atoms with Gasteiger partial charge in [0.25, 0.3) is 0 Å². The molecule has 0 aliphatic heterocycles. The molecule has 0 heterocycles. The van der Waals surface area contributed by atoms with Crippen LogP contribution in [-0.4, -0.2) is 52.9 Å². The minimum absolute atomic E-state index is 0.750. The van der Waals surface area contributed by atoms with E-state index in [1.807, 2.05) is 20.8 Å². The molecule has 19 heavy (non-hydrogen) atoms. The van der Waals surface area contributed by atoms with Crippen molar-refractivity contribution in [3.63, 3.8) is 0 Å². The van der Waals surface area contributed by atoms with Gasteiger partial charge in [-0.25, -0.2) is 0 Å². The third-order valence-electron chi connectivity index (χ3n) is 0.741. The zero-order chi connectivity index (χ0) is 16.4. The molecule has 0 saturated carbocycles. The van der Waals surface area contributed by atoms with Crippen molar-refractivity contribution in [3.05, 3.63) is 0 Å². The highest BCUT2D eigenvalue weighted by molar-refractivity contribution is 6.10. The van der Waals surface area contributed by atoms with Gasteiger partial charge in [0.2, 0.25) is 5.92 Å². The van der Waals surface area contributed by atoms with E-state index in [1.54, 1.807) is 0 Å². The highest BCUT2D eigenvalue weighted by Gasteiger charge is 2.33. The van der Waals surface area contributed by atoms with Crippen molar-refractivity contribution in [1.29, 1.82) is 0 Å². The standard InChI is InChI=1S/C4H4O6.3C2H7N/c5-2(6)1(3(7)8)4(9)10;3*1-2-3/h1H,(H,5,6)(H,7,8)(H,9,10);3*2-3H2,1H3. The maximum absolute atomic E-state index is 9.82. The smallest absolute Gasteiger partial charge is 0.329 e. The molecule has 0 aromatic carbocycles. The van der Waals surface area contributed by atoms with E-state index in [2.05, 4.69) is 0 Å². The summed E-state index contributed by atoms with van der Waals surface area (Å²) in [5, 5.41) is 23.9. The van der Waals surface area contributed by atoms with Crippen molar-refractivity contribution in [1.82, 2.24) is 0 Å². The summed E-state index contributed by atoms with van der Waals surface area (Å²) in [6.45, 7) is 7.96. The van der Waals surface area contributed by atoms with E-state index < -0.39 is 23.8 Å². The van der Waals surface area contributed by atoms with Crippen LogP contribution in [0.2, 0.25) is 0 Å². The SMILES string of the molecule is CCN.CCN.CCN.O=C(O)C(C(=O)O)C(=O)O. The molecule has 0 aliphatic rings. The largest absolute Gasteiger partial charge is 0.480 e. The fourth-order valence-corrected chi connectivity index (χ4v) is 0.317. The third-order valence-corrected chi connectivity index (χ3v) is 0.741. The second-order valence-electron chi connectivity index (χ2n) is 2.67. The second-order valence-corrected chi connectivity index (χ2v) is 2.67. The predicted molar refractivity (Wildman–Crippen MR) is 70.6 cm³/mol. The van der Waals surface area contributed by atoms with Gasteiger partial charge < -0.3 is 32.5 Å². The molecule has 0 unspecified atom stereocenters. The number of nitrogens with two attached hydrogens (primary N) is 3. The number of carboxylic acids is 3. The van der Waals surface area contributed by atoms with Crippen LogP contribution >= 0.6 is 0 Å². The number of hydrogen-bond donors (Lipinski definition) is 6. The lowest BCUT2D eigenvalue weighted by molar-refractivity contribution is -0.163. The van der Waals surface area contributed by atoms with Crippen molar-refractivity contribution in [2.75, 3.05) is 19.6 Å². The topological polar surface area (TPSA) is 190 Å². The highest BCUT2D eigenvalue weighted by atomic mass is 16.4. The Hall–Kier alpha value is -1.71. The van der Waals surface area contributed by atoms with Crippen LogP contribution in [0.1, 0.15) is 20.8 Å². The summed E-state index contributed by atoms with van der Waals surface area (Å²) in [5.74, 6) is -7.99. The molecule has 0 fully saturated rings. The second kappa shape index (κ2) is 21.6. The lowest BCUT2D eigenvalue weighted by atomic mass is 10.1. The zero-order valence-electron chi connectivity index (χ0n) is 11.5. The number of carbonyl (C=O) groups is 3. The lowest BCUT2D eigenvalue weighted by Crippen LogP contribution is -2.31. The number of rotatable bonds is 3. The maximum atomic E-state index is 9.82. The van der Waals surface area contributed by atoms with Crippen LogP contribution in [0.25, 0.3) is 0 Å². The first kappa shape index (κ1) is 26.0. The Bertz CT molecular complexity index is 197. The van der Waals surface area contributed by atoms with Gasteiger partial charge >= 0.3 is 17.9 Å². The van der Waals surface area contributed by atoms with E-state index in [0.717, 1.165) is 19.6 Å². The molecule has 0 spiro atoms. The Morgan fingerprint density at radius 1 is 0.737 bits per heavy atom. The molecule has 9 N–H and O–H groups in total. The van der Waals surface area contributed by atoms with Gasteiger partial charge in [-0.1, -0.05) is 20.8 Å². The molecule has 0 aromatic heterocycles. The molecule has 0 saturated heterocycles. The van der Waals surface area contributed by atoms with Crippen molar-refractivity contribution >= 4 is 17.9 Å². The normalized spacial score (nSPS) is 7.74. The average molecular weight is 283 g/mol. The van der Waals surface area contributed by atoms with E-state index in [-0.39, 0.29) is 0 Å². The van der Waals surface area contributed by atoms with Crippen LogP contribution in [0.15, 0.2) is 0 Å². The summed E-state index contributed by atoms with van der Waals surface area (Å²) in [7, 11) is 0. The van der Waals surface area contributed by atoms with Gasteiger partial charge in [0.1, 0.15) is 0 Å². The molecule has 0 rings (SSSR count). The van der Waals surface area contributed by atoms with Crippen LogP contribution < -0.4 is 17.2 Å². The molecule has 9 heteroatoms. The van der Waals surface area contributed by atoms with Crippen molar-refractivity contribution < 1.29 is 29.7 Å². The number of hydrogen-bond acceptors (Lipinski definition) is 6. The molecular formula is C10H25N3O6. The van der Waals surface area contributed by atoms with Crippen molar-refractivity contribution in [3.8, 4) is 0 Å². The van der Waals surface area contributed by atoms with E-state index >= 15 is 0 Å². The molecular weight excluding hydrogens is 258 g/mol. The molecule has 0 amide bonds. The Balaban J connectivity index is -0.000000103. The Kier molecular flexibility index (Phi) is 29.5. The van der Waals surface area contributed by atoms with Crippen molar-refractivity contribution in [2.45, 2.75) is 20.8 Å². The monoisotopic (exact) mass is 283 g/mol. The first-order chi connectivity index (χ1) is 8.71. The van der Waals surface area contributed by atoms with E-state index in [4.69, 9.17) is 32.5 Å². The third kappa shape index (κ3) is 31.4. The molecule has 116 valence electrons. The van der Waals surface area contributed by atoms with Crippen LogP contribution in [-0.2, 0) is 14.4 Å². The minimum atomic E-state index is -2.36. The predicted octanol–water partition coefficient (Wildman–Crippen LogP) is -1.25. The summed E-state index contributed by atoms with van der Waals surface area (Å²) < 4.78 is 0. The Labute approximate surface area is 112 Å². The lowest BCUT2D eigenvalue weighted by Gasteiger charge is -1.97. The van der Waals surface area contributed by atoms with Gasteiger partial charge in [0.05, 0.1) is 0 Å². The quantitative estimate of drug-likeness (QED) is 0.343. The van der Waals surface area contributed by atoms with Crippen LogP contribution in [0.5, 0.6) is 0 Å². The zero-order valence-corrected chi connectivity index (χ0v) is 11.5. The number of aliphatic carboxylic acids is 3. The minimum Gasteiger partial charge on any atom is -0.480 e. The van der Waals surface area contributed by atoms with E-state index in [9.17, 15) is 14.4 Å². The van der Waals surface area contributed by atoms with Crippen LogP contribution in [0.4, 0.5) is 0 Å².